The molecule has 4 rings (SSSR count). The van der Waals surface area contributed by atoms with Gasteiger partial charge in [0.1, 0.15) is 12.3 Å². The molecule has 3 N–H and O–H groups in total. The Bertz CT molecular complexity index is 1040. The number of phosphoric ester groups is 1. The number of carbonyl (C=O) groups excluding carboxylic acids is 1. The lowest BCUT2D eigenvalue weighted by Crippen LogP contribution is -2.63. The predicted molar refractivity (Wildman–Crippen MR) is 124 cm³/mol. The van der Waals surface area contributed by atoms with Gasteiger partial charge in [-0.15, -0.1) is 11.8 Å². The number of ether oxygens (including phenoxy) is 1. The van der Waals surface area contributed by atoms with Crippen LogP contribution in [0.3, 0.4) is 0 Å². The monoisotopic (exact) mass is 529 g/mol. The average Bonchev–Trinajstić information content (AvgIpc) is 3.34. The first-order valence-corrected chi connectivity index (χ1v) is 13.8. The molecule has 0 aliphatic carbocycles. The van der Waals surface area contributed by atoms with E-state index < -0.39 is 31.9 Å². The van der Waals surface area contributed by atoms with E-state index >= 15 is 0 Å². The molecular weight excluding hydrogens is 499 g/mol. The Labute approximate surface area is 207 Å². The Morgan fingerprint density at radius 2 is 2.06 bits per heavy atom. The summed E-state index contributed by atoms with van der Waals surface area (Å²) in [7, 11) is -4.25. The molecule has 2 fully saturated rings. The van der Waals surface area contributed by atoms with Gasteiger partial charge < -0.3 is 24.7 Å². The highest BCUT2D eigenvalue weighted by molar-refractivity contribution is 8.03. The Morgan fingerprint density at radius 3 is 2.71 bits per heavy atom. The van der Waals surface area contributed by atoms with Gasteiger partial charge in [-0.25, -0.2) is 13.9 Å². The van der Waals surface area contributed by atoms with Crippen molar-refractivity contribution in [3.8, 4) is 0 Å². The van der Waals surface area contributed by atoms with Crippen LogP contribution in [0.5, 0.6) is 0 Å². The number of carbonyl (C=O) groups is 2. The highest BCUT2D eigenvalue weighted by atomic mass is 32.2. The maximum Gasteiger partial charge on any atom is 0.472 e. The van der Waals surface area contributed by atoms with Gasteiger partial charge in [0.05, 0.1) is 37.4 Å². The molecule has 7 unspecified atom stereocenters. The van der Waals surface area contributed by atoms with Crippen LogP contribution in [0.25, 0.3) is 0 Å². The summed E-state index contributed by atoms with van der Waals surface area (Å²) in [5.74, 6) is -2.39. The summed E-state index contributed by atoms with van der Waals surface area (Å²) in [6.07, 6.45) is 2.80. The van der Waals surface area contributed by atoms with E-state index in [-0.39, 0.29) is 42.0 Å². The normalized spacial score (nSPS) is 30.7. The molecule has 1 aromatic rings. The zero-order valence-electron chi connectivity index (χ0n) is 19.4. The van der Waals surface area contributed by atoms with Crippen molar-refractivity contribution >= 4 is 31.5 Å². The maximum atomic E-state index is 12.5. The lowest BCUT2D eigenvalue weighted by Gasteiger charge is -2.46. The van der Waals surface area contributed by atoms with Crippen LogP contribution in [0.4, 0.5) is 0 Å². The number of β-lactam (4-membered cyclic amide) rings is 1. The second-order valence-electron chi connectivity index (χ2n) is 8.91. The molecule has 3 aliphatic rings. The van der Waals surface area contributed by atoms with E-state index in [1.54, 1.807) is 0 Å². The number of pyridine rings is 1. The van der Waals surface area contributed by atoms with Crippen molar-refractivity contribution in [3.05, 3.63) is 41.2 Å². The first-order chi connectivity index (χ1) is 16.6. The summed E-state index contributed by atoms with van der Waals surface area (Å²) in [5, 5.41) is 19.6. The number of phosphoric acid groups is 1. The number of carboxylic acid groups (broad SMARTS) is 1. The molecule has 0 saturated carbocycles. The van der Waals surface area contributed by atoms with Crippen molar-refractivity contribution in [2.75, 3.05) is 19.8 Å². The van der Waals surface area contributed by atoms with Gasteiger partial charge in [-0.1, -0.05) is 13.0 Å². The van der Waals surface area contributed by atoms with E-state index in [1.807, 2.05) is 42.1 Å². The molecule has 192 valence electrons. The molecule has 3 aliphatic heterocycles. The van der Waals surface area contributed by atoms with E-state index in [2.05, 4.69) is 0 Å². The molecule has 4 heterocycles. The number of aliphatic carboxylic acids is 1. The van der Waals surface area contributed by atoms with E-state index in [9.17, 15) is 29.3 Å². The Hall–Kier alpha value is -1.79. The number of hydrogen-bond donors (Lipinski definition) is 3. The van der Waals surface area contributed by atoms with Crippen molar-refractivity contribution in [2.24, 2.45) is 11.8 Å². The highest BCUT2D eigenvalue weighted by Crippen LogP contribution is 2.52. The third-order valence-corrected chi connectivity index (χ3v) is 8.92. The zero-order chi connectivity index (χ0) is 25.3. The first-order valence-electron chi connectivity index (χ1n) is 11.4. The number of carboxylic acids is 1. The van der Waals surface area contributed by atoms with Gasteiger partial charge in [-0.05, 0) is 13.3 Å². The Morgan fingerprint density at radius 1 is 1.34 bits per heavy atom. The number of aliphatic hydroxyl groups is 1. The van der Waals surface area contributed by atoms with Gasteiger partial charge in [0.25, 0.3) is 0 Å². The van der Waals surface area contributed by atoms with Gasteiger partial charge in [-0.3, -0.25) is 13.8 Å². The van der Waals surface area contributed by atoms with Crippen molar-refractivity contribution in [1.82, 2.24) is 4.90 Å². The van der Waals surface area contributed by atoms with Crippen LogP contribution >= 0.6 is 19.6 Å². The summed E-state index contributed by atoms with van der Waals surface area (Å²) in [6.45, 7) is 3.96. The fourth-order valence-electron chi connectivity index (χ4n) is 4.79. The van der Waals surface area contributed by atoms with Crippen LogP contribution in [-0.2, 0) is 34.5 Å². The number of fused-ring (bicyclic) bond motifs is 1. The SMILES string of the molecule is CC(O)C1C(=O)N2C(C(=O)O)=C(SC3COC(COP(=O)(O)OCC[n+]4ccccc4)C3)C(C)C12. The number of hydrogen-bond acceptors (Lipinski definition) is 8. The lowest BCUT2D eigenvalue weighted by molar-refractivity contribution is -0.697. The quantitative estimate of drug-likeness (QED) is 0.217. The molecule has 35 heavy (non-hydrogen) atoms. The third kappa shape index (κ3) is 5.64. The minimum absolute atomic E-state index is 0.000302. The molecular formula is C22H30N2O9PS+. The minimum Gasteiger partial charge on any atom is -0.477 e. The van der Waals surface area contributed by atoms with Gasteiger partial charge in [0, 0.05) is 28.2 Å². The smallest absolute Gasteiger partial charge is 0.472 e. The van der Waals surface area contributed by atoms with Crippen molar-refractivity contribution in [1.29, 1.82) is 0 Å². The summed E-state index contributed by atoms with van der Waals surface area (Å²) in [5.41, 5.74) is -0.0290. The molecule has 1 aromatic heterocycles. The van der Waals surface area contributed by atoms with Gasteiger partial charge in [0.2, 0.25) is 5.91 Å². The number of nitrogens with zero attached hydrogens (tertiary/aromatic N) is 2. The molecule has 2 saturated heterocycles. The average molecular weight is 530 g/mol. The van der Waals surface area contributed by atoms with Gasteiger partial charge in [-0.2, -0.15) is 0 Å². The lowest BCUT2D eigenvalue weighted by atomic mass is 9.79. The molecule has 0 aromatic carbocycles. The largest absolute Gasteiger partial charge is 0.477 e. The number of amides is 1. The van der Waals surface area contributed by atoms with Crippen molar-refractivity contribution in [3.63, 3.8) is 0 Å². The standard InChI is InChI=1S/C22H29N2O9PS/c1-13-18-17(14(2)25)21(26)24(18)19(22(27)28)20(13)35-16-10-15(31-12-16)11-33-34(29,30)32-9-8-23-6-4-3-5-7-23/h3-7,13-18,25H,8-12H2,1-2H3,(H-,27,28,29,30)/p+1. The van der Waals surface area contributed by atoms with Crippen LogP contribution in [0, 0.1) is 11.8 Å². The van der Waals surface area contributed by atoms with Gasteiger partial charge in [0.15, 0.2) is 18.9 Å². The van der Waals surface area contributed by atoms with Crippen LogP contribution in [0.15, 0.2) is 41.2 Å². The fourth-order valence-corrected chi connectivity index (χ4v) is 7.00. The number of thioether (sulfide) groups is 1. The third-order valence-electron chi connectivity index (χ3n) is 6.45. The van der Waals surface area contributed by atoms with E-state index in [0.29, 0.717) is 24.5 Å². The highest BCUT2D eigenvalue weighted by Gasteiger charge is 2.60. The van der Waals surface area contributed by atoms with Crippen LogP contribution in [-0.4, -0.2) is 75.2 Å². The first kappa shape index (κ1) is 26.3. The number of rotatable bonds is 11. The van der Waals surface area contributed by atoms with E-state index in [4.69, 9.17) is 13.8 Å². The minimum atomic E-state index is -4.25. The predicted octanol–water partition coefficient (Wildman–Crippen LogP) is 1.15. The van der Waals surface area contributed by atoms with E-state index in [0.717, 1.165) is 0 Å². The molecule has 0 spiro atoms. The van der Waals surface area contributed by atoms with Crippen molar-refractivity contribution in [2.45, 2.75) is 50.3 Å². The summed E-state index contributed by atoms with van der Waals surface area (Å²) in [6, 6.07) is 5.18. The van der Waals surface area contributed by atoms with Gasteiger partial charge >= 0.3 is 13.8 Å². The second kappa shape index (κ2) is 10.7. The van der Waals surface area contributed by atoms with E-state index in [1.165, 1.54) is 23.6 Å². The Kier molecular flexibility index (Phi) is 8.02. The molecule has 11 nitrogen and oxygen atoms in total. The topological polar surface area (TPSA) is 147 Å². The van der Waals surface area contributed by atoms with Crippen LogP contribution < -0.4 is 4.57 Å². The molecule has 0 bridgehead atoms. The molecule has 0 radical (unpaired) electrons. The number of aromatic nitrogens is 1. The maximum absolute atomic E-state index is 12.5. The second-order valence-corrected chi connectivity index (χ2v) is 11.7. The summed E-state index contributed by atoms with van der Waals surface area (Å²) in [4.78, 5) is 36.2. The summed E-state index contributed by atoms with van der Waals surface area (Å²) < 4.78 is 29.8. The Balaban J connectivity index is 1.28. The molecule has 1 amide bonds. The van der Waals surface area contributed by atoms with Crippen LogP contribution in [0.2, 0.25) is 0 Å². The molecule has 13 heteroatoms. The molecule has 7 atom stereocenters. The summed E-state index contributed by atoms with van der Waals surface area (Å²) >= 11 is 1.35. The zero-order valence-corrected chi connectivity index (χ0v) is 21.1. The number of aliphatic hydroxyl groups excluding tert-OH is 1. The van der Waals surface area contributed by atoms with Crippen LogP contribution in [0.1, 0.15) is 20.3 Å². The van der Waals surface area contributed by atoms with Crippen molar-refractivity contribution < 1.29 is 47.6 Å². The fraction of sp³-hybridized carbons (Fsp3) is 0.591.